The molecule has 116 valence electrons. The molecule has 1 unspecified atom stereocenters. The smallest absolute Gasteiger partial charge is 0.165 e. The summed E-state index contributed by atoms with van der Waals surface area (Å²) in [6.07, 6.45) is -0.774. The molecule has 1 saturated heterocycles. The lowest BCUT2D eigenvalue weighted by atomic mass is 10.0. The molecule has 0 amide bonds. The highest BCUT2D eigenvalue weighted by Gasteiger charge is 2.28. The van der Waals surface area contributed by atoms with E-state index in [1.54, 1.807) is 0 Å². The molecule has 1 aliphatic rings. The van der Waals surface area contributed by atoms with Gasteiger partial charge in [0, 0.05) is 19.2 Å². The molecular weight excluding hydrogens is 288 g/mol. The zero-order chi connectivity index (χ0) is 15.4. The van der Waals surface area contributed by atoms with Gasteiger partial charge in [0.1, 0.15) is 11.9 Å². The summed E-state index contributed by atoms with van der Waals surface area (Å²) < 4.78 is 38.7. The van der Waals surface area contributed by atoms with Crippen LogP contribution in [0.1, 0.15) is 11.7 Å². The van der Waals surface area contributed by atoms with Gasteiger partial charge < -0.3 is 14.8 Å². The van der Waals surface area contributed by atoms with Crippen molar-refractivity contribution in [2.75, 3.05) is 19.7 Å². The van der Waals surface area contributed by atoms with Gasteiger partial charge in [0.05, 0.1) is 6.61 Å². The maximum atomic E-state index is 13.9. The van der Waals surface area contributed by atoms with E-state index < -0.39 is 17.7 Å². The Morgan fingerprint density at radius 1 is 1.14 bits per heavy atom. The van der Waals surface area contributed by atoms with E-state index in [9.17, 15) is 8.78 Å². The fourth-order valence-electron chi connectivity index (χ4n) is 2.49. The van der Waals surface area contributed by atoms with Gasteiger partial charge in [-0.15, -0.1) is 0 Å². The van der Waals surface area contributed by atoms with Gasteiger partial charge in [-0.25, -0.2) is 8.78 Å². The molecule has 3 nitrogen and oxygen atoms in total. The van der Waals surface area contributed by atoms with Gasteiger partial charge in [0.2, 0.25) is 0 Å². The highest BCUT2D eigenvalue weighted by molar-refractivity contribution is 5.27. The number of ether oxygens (including phenoxy) is 2. The summed E-state index contributed by atoms with van der Waals surface area (Å²) in [4.78, 5) is 0. The minimum absolute atomic E-state index is 0.108. The van der Waals surface area contributed by atoms with E-state index in [1.165, 1.54) is 0 Å². The normalized spacial score (nSPS) is 19.6. The first-order chi connectivity index (χ1) is 10.7. The second-order valence-corrected chi connectivity index (χ2v) is 5.14. The lowest BCUT2D eigenvalue weighted by molar-refractivity contribution is -0.0443. The Hall–Kier alpha value is -1.98. The Bertz CT molecular complexity index is 615. The molecule has 1 heterocycles. The molecule has 2 aromatic rings. The average Bonchev–Trinajstić information content (AvgIpc) is 2.57. The van der Waals surface area contributed by atoms with Crippen molar-refractivity contribution in [1.82, 2.24) is 5.32 Å². The van der Waals surface area contributed by atoms with Crippen LogP contribution in [0.2, 0.25) is 0 Å². The minimum atomic E-state index is -0.592. The molecule has 1 aliphatic heterocycles. The first-order valence-electron chi connectivity index (χ1n) is 7.23. The largest absolute Gasteiger partial charge is 0.480 e. The number of benzene rings is 2. The number of halogens is 2. The highest BCUT2D eigenvalue weighted by atomic mass is 19.1. The first-order valence-corrected chi connectivity index (χ1v) is 7.23. The van der Waals surface area contributed by atoms with E-state index >= 15 is 0 Å². The number of nitrogens with one attached hydrogen (secondary N) is 1. The third-order valence-corrected chi connectivity index (χ3v) is 3.57. The van der Waals surface area contributed by atoms with E-state index in [4.69, 9.17) is 9.47 Å². The number of hydrogen-bond donors (Lipinski definition) is 1. The minimum Gasteiger partial charge on any atom is -0.480 e. The lowest BCUT2D eigenvalue weighted by Crippen LogP contribution is -2.43. The maximum Gasteiger partial charge on any atom is 0.165 e. The Morgan fingerprint density at radius 2 is 1.95 bits per heavy atom. The second-order valence-electron chi connectivity index (χ2n) is 5.14. The molecule has 22 heavy (non-hydrogen) atoms. The van der Waals surface area contributed by atoms with E-state index in [1.807, 2.05) is 30.3 Å². The Kier molecular flexibility index (Phi) is 4.65. The van der Waals surface area contributed by atoms with Crippen molar-refractivity contribution in [3.05, 3.63) is 65.7 Å². The predicted octanol–water partition coefficient (Wildman–Crippen LogP) is 3.07. The summed E-state index contributed by atoms with van der Waals surface area (Å²) in [5.41, 5.74) is 0.861. The average molecular weight is 305 g/mol. The summed E-state index contributed by atoms with van der Waals surface area (Å²) in [6.45, 7) is 1.92. The Labute approximate surface area is 127 Å². The molecule has 2 atom stereocenters. The fourth-order valence-corrected chi connectivity index (χ4v) is 2.49. The van der Waals surface area contributed by atoms with Crippen LogP contribution in [0.4, 0.5) is 8.78 Å². The van der Waals surface area contributed by atoms with Gasteiger partial charge in [-0.3, -0.25) is 0 Å². The van der Waals surface area contributed by atoms with Gasteiger partial charge in [0.15, 0.2) is 17.7 Å². The van der Waals surface area contributed by atoms with Crippen molar-refractivity contribution >= 4 is 0 Å². The molecule has 1 fully saturated rings. The van der Waals surface area contributed by atoms with Crippen molar-refractivity contribution < 1.29 is 18.3 Å². The van der Waals surface area contributed by atoms with Gasteiger partial charge in [-0.05, 0) is 17.7 Å². The van der Waals surface area contributed by atoms with Gasteiger partial charge in [-0.1, -0.05) is 30.3 Å². The van der Waals surface area contributed by atoms with Gasteiger partial charge >= 0.3 is 0 Å². The van der Waals surface area contributed by atoms with Crippen molar-refractivity contribution in [3.8, 4) is 5.75 Å². The fraction of sp³-hybridized carbons (Fsp3) is 0.294. The topological polar surface area (TPSA) is 30.5 Å². The van der Waals surface area contributed by atoms with Crippen molar-refractivity contribution in [2.45, 2.75) is 12.2 Å². The third kappa shape index (κ3) is 3.43. The molecule has 3 rings (SSSR count). The molecule has 2 aromatic carbocycles. The van der Waals surface area contributed by atoms with E-state index in [2.05, 4.69) is 5.32 Å². The molecular formula is C17H17F2NO2. The van der Waals surface area contributed by atoms with E-state index in [0.717, 1.165) is 30.3 Å². The van der Waals surface area contributed by atoms with Crippen molar-refractivity contribution in [2.24, 2.45) is 0 Å². The first kappa shape index (κ1) is 14.9. The van der Waals surface area contributed by atoms with Gasteiger partial charge in [-0.2, -0.15) is 0 Å². The summed E-state index contributed by atoms with van der Waals surface area (Å²) in [5.74, 6) is -1.24. The Balaban J connectivity index is 1.89. The molecule has 0 radical (unpaired) electrons. The van der Waals surface area contributed by atoms with Crippen molar-refractivity contribution in [1.29, 1.82) is 0 Å². The predicted molar refractivity (Wildman–Crippen MR) is 78.8 cm³/mol. The summed E-state index contributed by atoms with van der Waals surface area (Å²) >= 11 is 0. The quantitative estimate of drug-likeness (QED) is 0.941. The summed E-state index contributed by atoms with van der Waals surface area (Å²) in [5, 5.41) is 3.22. The molecule has 5 heteroatoms. The zero-order valence-electron chi connectivity index (χ0n) is 12.0. The van der Waals surface area contributed by atoms with Crippen LogP contribution in [0, 0.1) is 11.6 Å². The monoisotopic (exact) mass is 305 g/mol. The second kappa shape index (κ2) is 6.85. The van der Waals surface area contributed by atoms with Gasteiger partial charge in [0.25, 0.3) is 0 Å². The molecule has 0 bridgehead atoms. The third-order valence-electron chi connectivity index (χ3n) is 3.57. The number of rotatable bonds is 4. The summed E-state index contributed by atoms with van der Waals surface area (Å²) in [6, 6.07) is 12.6. The van der Waals surface area contributed by atoms with Crippen molar-refractivity contribution in [3.63, 3.8) is 0 Å². The Morgan fingerprint density at radius 3 is 2.68 bits per heavy atom. The number of hydrogen-bond acceptors (Lipinski definition) is 3. The standard InChI is InChI=1S/C17H17F2NO2/c18-13-6-7-14(19)15(10-13)22-17(12-4-2-1-3-5-12)16-11-20-8-9-21-16/h1-7,10,16-17,20H,8-9,11H2/t16-,17?/m0/s1. The van der Waals surface area contributed by atoms with E-state index in [-0.39, 0.29) is 11.9 Å². The molecule has 0 spiro atoms. The zero-order valence-corrected chi connectivity index (χ0v) is 12.0. The highest BCUT2D eigenvalue weighted by Crippen LogP contribution is 2.29. The van der Waals surface area contributed by atoms with Crippen LogP contribution >= 0.6 is 0 Å². The molecule has 0 aliphatic carbocycles. The molecule has 0 aromatic heterocycles. The molecule has 0 saturated carbocycles. The van der Waals surface area contributed by atoms with Crippen LogP contribution in [0.15, 0.2) is 48.5 Å². The SMILES string of the molecule is Fc1ccc(F)c(OC(c2ccccc2)[C@@H]2CNCCO2)c1. The van der Waals surface area contributed by atoms with E-state index in [0.29, 0.717) is 13.2 Å². The number of morpholine rings is 1. The van der Waals surface area contributed by atoms with Crippen LogP contribution in [-0.2, 0) is 4.74 Å². The summed E-state index contributed by atoms with van der Waals surface area (Å²) in [7, 11) is 0. The van der Waals surface area contributed by atoms with Crippen LogP contribution in [0.25, 0.3) is 0 Å². The van der Waals surface area contributed by atoms with Crippen LogP contribution < -0.4 is 10.1 Å². The van der Waals surface area contributed by atoms with Crippen LogP contribution in [-0.4, -0.2) is 25.8 Å². The van der Waals surface area contributed by atoms with Crippen LogP contribution in [0.3, 0.4) is 0 Å². The molecule has 1 N–H and O–H groups in total. The maximum absolute atomic E-state index is 13.9. The lowest BCUT2D eigenvalue weighted by Gasteiger charge is -2.31. The van der Waals surface area contributed by atoms with Crippen LogP contribution in [0.5, 0.6) is 5.75 Å².